The zero-order chi connectivity index (χ0) is 14.4. The van der Waals surface area contributed by atoms with Gasteiger partial charge in [-0.1, -0.05) is 30.3 Å². The van der Waals surface area contributed by atoms with Crippen molar-refractivity contribution in [3.8, 4) is 0 Å². The summed E-state index contributed by atoms with van der Waals surface area (Å²) in [6.07, 6.45) is 0.212. The highest BCUT2D eigenvalue weighted by molar-refractivity contribution is 7.13. The molecule has 5 N–H and O–H groups in total. The van der Waals surface area contributed by atoms with Crippen molar-refractivity contribution in [2.24, 2.45) is 16.5 Å². The van der Waals surface area contributed by atoms with Gasteiger partial charge in [0.1, 0.15) is 0 Å². The van der Waals surface area contributed by atoms with Crippen LogP contribution in [0.3, 0.4) is 0 Å². The number of rotatable bonds is 5. The van der Waals surface area contributed by atoms with Gasteiger partial charge in [0.15, 0.2) is 5.96 Å². The van der Waals surface area contributed by atoms with Gasteiger partial charge in [0, 0.05) is 11.9 Å². The van der Waals surface area contributed by atoms with E-state index in [-0.39, 0.29) is 18.3 Å². The number of nitrogens with two attached hydrogens (primary N) is 2. The van der Waals surface area contributed by atoms with Crippen molar-refractivity contribution in [3.05, 3.63) is 47.0 Å². The van der Waals surface area contributed by atoms with Crippen molar-refractivity contribution in [2.75, 3.05) is 0 Å². The summed E-state index contributed by atoms with van der Waals surface area (Å²) in [7, 11) is 0. The summed E-state index contributed by atoms with van der Waals surface area (Å²) in [5, 5.41) is 5.06. The molecule has 0 bridgehead atoms. The summed E-state index contributed by atoms with van der Waals surface area (Å²) < 4.78 is 0. The predicted octanol–water partition coefficient (Wildman–Crippen LogP) is 0.907. The molecule has 0 radical (unpaired) electrons. The summed E-state index contributed by atoms with van der Waals surface area (Å²) in [6, 6.07) is 9.72. The van der Waals surface area contributed by atoms with Crippen LogP contribution in [0.1, 0.15) is 11.3 Å². The Morgan fingerprint density at radius 3 is 2.75 bits per heavy atom. The Bertz CT molecular complexity index is 604. The van der Waals surface area contributed by atoms with Gasteiger partial charge in [-0.25, -0.2) is 4.98 Å². The second-order valence-corrected chi connectivity index (χ2v) is 4.93. The standard InChI is InChI=1S/C13H15N5OS/c14-12(15)18-13-17-10(8-20-13)6-11(19)16-7-9-4-2-1-3-5-9/h1-5,8H,6-7H2,(H,16,19)(H4,14,15,17,18). The van der Waals surface area contributed by atoms with Crippen LogP contribution >= 0.6 is 11.3 Å². The lowest BCUT2D eigenvalue weighted by atomic mass is 10.2. The minimum absolute atomic E-state index is 0.0422. The number of aliphatic imine (C=N–C) groups is 1. The van der Waals surface area contributed by atoms with E-state index in [9.17, 15) is 4.79 Å². The third kappa shape index (κ3) is 4.36. The number of hydrogen-bond acceptors (Lipinski definition) is 4. The minimum atomic E-state index is -0.0876. The van der Waals surface area contributed by atoms with Gasteiger partial charge in [0.05, 0.1) is 12.1 Å². The number of aromatic nitrogens is 1. The number of carbonyl (C=O) groups is 1. The van der Waals surface area contributed by atoms with Crippen molar-refractivity contribution >= 4 is 28.3 Å². The molecule has 0 spiro atoms. The summed E-state index contributed by atoms with van der Waals surface area (Å²) in [4.78, 5) is 19.8. The van der Waals surface area contributed by atoms with Gasteiger partial charge in [-0.2, -0.15) is 4.99 Å². The molecule has 0 aliphatic heterocycles. The second kappa shape index (κ2) is 6.67. The molecular weight excluding hydrogens is 274 g/mol. The maximum atomic E-state index is 11.8. The molecule has 1 amide bonds. The number of nitrogens with one attached hydrogen (secondary N) is 1. The van der Waals surface area contributed by atoms with Crippen LogP contribution in [0.15, 0.2) is 40.7 Å². The van der Waals surface area contributed by atoms with E-state index in [0.29, 0.717) is 17.4 Å². The van der Waals surface area contributed by atoms with Crippen LogP contribution in [0.25, 0.3) is 0 Å². The third-order valence-electron chi connectivity index (χ3n) is 2.44. The molecule has 0 atom stereocenters. The van der Waals surface area contributed by atoms with Gasteiger partial charge in [-0.3, -0.25) is 4.79 Å². The van der Waals surface area contributed by atoms with E-state index >= 15 is 0 Å². The topological polar surface area (TPSA) is 106 Å². The fourth-order valence-corrected chi connectivity index (χ4v) is 2.27. The van der Waals surface area contributed by atoms with Gasteiger partial charge in [-0.05, 0) is 5.56 Å². The summed E-state index contributed by atoms with van der Waals surface area (Å²) in [5.41, 5.74) is 12.2. The zero-order valence-electron chi connectivity index (χ0n) is 10.7. The van der Waals surface area contributed by atoms with Gasteiger partial charge >= 0.3 is 0 Å². The minimum Gasteiger partial charge on any atom is -0.370 e. The van der Waals surface area contributed by atoms with E-state index in [1.807, 2.05) is 30.3 Å². The molecule has 0 aliphatic rings. The van der Waals surface area contributed by atoms with Crippen molar-refractivity contribution in [3.63, 3.8) is 0 Å². The average molecular weight is 289 g/mol. The van der Waals surface area contributed by atoms with Crippen LogP contribution in [-0.2, 0) is 17.8 Å². The number of benzene rings is 1. The molecule has 0 saturated carbocycles. The van der Waals surface area contributed by atoms with E-state index in [1.54, 1.807) is 5.38 Å². The molecule has 104 valence electrons. The van der Waals surface area contributed by atoms with Crippen LogP contribution < -0.4 is 16.8 Å². The predicted molar refractivity (Wildman–Crippen MR) is 79.6 cm³/mol. The summed E-state index contributed by atoms with van der Waals surface area (Å²) in [6.45, 7) is 0.505. The molecule has 0 saturated heterocycles. The first-order valence-electron chi connectivity index (χ1n) is 5.98. The number of hydrogen-bond donors (Lipinski definition) is 3. The summed E-state index contributed by atoms with van der Waals surface area (Å²) >= 11 is 1.30. The number of amides is 1. The fourth-order valence-electron chi connectivity index (χ4n) is 1.56. The highest BCUT2D eigenvalue weighted by atomic mass is 32.1. The first kappa shape index (κ1) is 14.0. The first-order valence-corrected chi connectivity index (χ1v) is 6.86. The number of thiazole rings is 1. The Morgan fingerprint density at radius 2 is 2.05 bits per heavy atom. The number of guanidine groups is 1. The Morgan fingerprint density at radius 1 is 1.30 bits per heavy atom. The van der Waals surface area contributed by atoms with Crippen molar-refractivity contribution in [1.29, 1.82) is 0 Å². The van der Waals surface area contributed by atoms with Gasteiger partial charge < -0.3 is 16.8 Å². The largest absolute Gasteiger partial charge is 0.370 e. The highest BCUT2D eigenvalue weighted by Gasteiger charge is 2.07. The lowest BCUT2D eigenvalue weighted by Crippen LogP contribution is -2.24. The molecule has 0 unspecified atom stereocenters. The maximum Gasteiger partial charge on any atom is 0.226 e. The molecule has 0 aliphatic carbocycles. The first-order chi connectivity index (χ1) is 9.63. The maximum absolute atomic E-state index is 11.8. The fraction of sp³-hybridized carbons (Fsp3) is 0.154. The Hall–Kier alpha value is -2.41. The normalized spacial score (nSPS) is 10.0. The Balaban J connectivity index is 1.85. The molecule has 1 heterocycles. The van der Waals surface area contributed by atoms with Crippen molar-refractivity contribution in [2.45, 2.75) is 13.0 Å². The Labute approximate surface area is 120 Å². The van der Waals surface area contributed by atoms with Crippen molar-refractivity contribution < 1.29 is 4.79 Å². The van der Waals surface area contributed by atoms with Crippen LogP contribution in [-0.4, -0.2) is 16.9 Å². The quantitative estimate of drug-likeness (QED) is 0.561. The highest BCUT2D eigenvalue weighted by Crippen LogP contribution is 2.18. The van der Waals surface area contributed by atoms with Crippen molar-refractivity contribution in [1.82, 2.24) is 10.3 Å². The summed E-state index contributed by atoms with van der Waals surface area (Å²) in [5.74, 6) is -0.130. The second-order valence-electron chi connectivity index (χ2n) is 4.10. The molecule has 1 aromatic carbocycles. The zero-order valence-corrected chi connectivity index (χ0v) is 11.6. The molecule has 7 heteroatoms. The number of carbonyl (C=O) groups excluding carboxylic acids is 1. The number of nitrogens with zero attached hydrogens (tertiary/aromatic N) is 2. The monoisotopic (exact) mass is 289 g/mol. The molecule has 2 aromatic rings. The van der Waals surface area contributed by atoms with E-state index in [2.05, 4.69) is 15.3 Å². The molecular formula is C13H15N5OS. The molecule has 0 fully saturated rings. The lowest BCUT2D eigenvalue weighted by Gasteiger charge is -2.03. The Kier molecular flexibility index (Phi) is 4.67. The van der Waals surface area contributed by atoms with E-state index in [1.165, 1.54) is 11.3 Å². The van der Waals surface area contributed by atoms with Crippen LogP contribution in [0, 0.1) is 0 Å². The van der Waals surface area contributed by atoms with E-state index in [4.69, 9.17) is 11.5 Å². The van der Waals surface area contributed by atoms with Gasteiger partial charge in [-0.15, -0.1) is 11.3 Å². The average Bonchev–Trinajstić information content (AvgIpc) is 2.84. The molecule has 2 rings (SSSR count). The smallest absolute Gasteiger partial charge is 0.226 e. The third-order valence-corrected chi connectivity index (χ3v) is 3.22. The van der Waals surface area contributed by atoms with Crippen LogP contribution in [0.4, 0.5) is 5.13 Å². The van der Waals surface area contributed by atoms with E-state index < -0.39 is 0 Å². The van der Waals surface area contributed by atoms with Gasteiger partial charge in [0.25, 0.3) is 0 Å². The van der Waals surface area contributed by atoms with Crippen LogP contribution in [0.2, 0.25) is 0 Å². The van der Waals surface area contributed by atoms with Gasteiger partial charge in [0.2, 0.25) is 11.0 Å². The van der Waals surface area contributed by atoms with Crippen LogP contribution in [0.5, 0.6) is 0 Å². The molecule has 20 heavy (non-hydrogen) atoms. The van der Waals surface area contributed by atoms with E-state index in [0.717, 1.165) is 5.56 Å². The molecule has 1 aromatic heterocycles. The molecule has 6 nitrogen and oxygen atoms in total. The lowest BCUT2D eigenvalue weighted by molar-refractivity contribution is -0.120. The SMILES string of the molecule is NC(N)=Nc1nc(CC(=O)NCc2ccccc2)cs1.